The molecule has 0 saturated heterocycles. The third-order valence-corrected chi connectivity index (χ3v) is 4.01. The highest BCUT2D eigenvalue weighted by Crippen LogP contribution is 2.23. The van der Waals surface area contributed by atoms with Crippen molar-refractivity contribution < 1.29 is 9.53 Å². The fourth-order valence-electron chi connectivity index (χ4n) is 2.57. The minimum Gasteiger partial charge on any atom is -0.494 e. The number of aryl methyl sites for hydroxylation is 1. The zero-order chi connectivity index (χ0) is 17.4. The highest BCUT2D eigenvalue weighted by atomic mass is 16.5. The van der Waals surface area contributed by atoms with Crippen molar-refractivity contribution in [3.8, 4) is 5.75 Å². The van der Waals surface area contributed by atoms with Crippen molar-refractivity contribution in [1.29, 1.82) is 0 Å². The van der Waals surface area contributed by atoms with E-state index in [1.807, 2.05) is 30.3 Å². The molecule has 0 spiro atoms. The van der Waals surface area contributed by atoms with Gasteiger partial charge in [0.25, 0.3) is 0 Å². The van der Waals surface area contributed by atoms with Gasteiger partial charge in [0.15, 0.2) is 0 Å². The molecule has 0 saturated carbocycles. The normalized spacial score (nSPS) is 10.7. The molecule has 2 aromatic carbocycles. The van der Waals surface area contributed by atoms with Crippen molar-refractivity contribution in [1.82, 2.24) is 0 Å². The summed E-state index contributed by atoms with van der Waals surface area (Å²) in [5.41, 5.74) is 3.37. The van der Waals surface area contributed by atoms with Crippen LogP contribution in [0.15, 0.2) is 48.5 Å². The second-order valence-corrected chi connectivity index (χ2v) is 6.24. The first-order chi connectivity index (χ1) is 11.6. The number of para-hydroxylation sites is 1. The Hall–Kier alpha value is -2.29. The Balaban J connectivity index is 1.75. The Morgan fingerprint density at radius 1 is 1.08 bits per heavy atom. The Morgan fingerprint density at radius 3 is 2.46 bits per heavy atom. The maximum absolute atomic E-state index is 12.1. The number of hydrogen-bond acceptors (Lipinski definition) is 2. The van der Waals surface area contributed by atoms with Crippen LogP contribution in [0.4, 0.5) is 5.69 Å². The first-order valence-electron chi connectivity index (χ1n) is 8.70. The maximum atomic E-state index is 12.1. The van der Waals surface area contributed by atoms with Gasteiger partial charge in [0.05, 0.1) is 6.61 Å². The topological polar surface area (TPSA) is 38.3 Å². The molecule has 1 amide bonds. The molecular weight excluding hydrogens is 298 g/mol. The summed E-state index contributed by atoms with van der Waals surface area (Å²) in [7, 11) is 0. The average molecular weight is 325 g/mol. The standard InChI is InChI=1S/C21H27NO2/c1-4-17-11-13-18(14-12-17)24-15-7-10-21(23)22-20-9-6-5-8-19(20)16(2)3/h5-6,8-9,11-14,16H,4,7,10,15H2,1-3H3,(H,22,23). The second-order valence-electron chi connectivity index (χ2n) is 6.24. The van der Waals surface area contributed by atoms with E-state index in [0.29, 0.717) is 25.4 Å². The Labute approximate surface area is 145 Å². The fraction of sp³-hybridized carbons (Fsp3) is 0.381. The maximum Gasteiger partial charge on any atom is 0.224 e. The summed E-state index contributed by atoms with van der Waals surface area (Å²) in [4.78, 5) is 12.1. The largest absolute Gasteiger partial charge is 0.494 e. The van der Waals surface area contributed by atoms with E-state index in [1.165, 1.54) is 5.56 Å². The predicted molar refractivity (Wildman–Crippen MR) is 99.7 cm³/mol. The van der Waals surface area contributed by atoms with Gasteiger partial charge in [-0.3, -0.25) is 4.79 Å². The van der Waals surface area contributed by atoms with Crippen molar-refractivity contribution in [2.45, 2.75) is 46.0 Å². The third-order valence-electron chi connectivity index (χ3n) is 4.01. The molecule has 0 aliphatic carbocycles. The Morgan fingerprint density at radius 2 is 1.79 bits per heavy atom. The highest BCUT2D eigenvalue weighted by Gasteiger charge is 2.09. The number of carbonyl (C=O) groups is 1. The zero-order valence-electron chi connectivity index (χ0n) is 14.8. The highest BCUT2D eigenvalue weighted by molar-refractivity contribution is 5.91. The van der Waals surface area contributed by atoms with Crippen LogP contribution in [0.5, 0.6) is 5.75 Å². The minimum absolute atomic E-state index is 0.0352. The van der Waals surface area contributed by atoms with Gasteiger partial charge in [-0.05, 0) is 48.1 Å². The van der Waals surface area contributed by atoms with Crippen LogP contribution in [-0.4, -0.2) is 12.5 Å². The molecule has 3 heteroatoms. The average Bonchev–Trinajstić information content (AvgIpc) is 2.59. The summed E-state index contributed by atoms with van der Waals surface area (Å²) < 4.78 is 5.69. The summed E-state index contributed by atoms with van der Waals surface area (Å²) in [6, 6.07) is 16.1. The first kappa shape index (κ1) is 18.1. The molecule has 0 fully saturated rings. The van der Waals surface area contributed by atoms with Gasteiger partial charge in [0.1, 0.15) is 5.75 Å². The molecule has 24 heavy (non-hydrogen) atoms. The van der Waals surface area contributed by atoms with Crippen molar-refractivity contribution in [3.05, 3.63) is 59.7 Å². The first-order valence-corrected chi connectivity index (χ1v) is 8.70. The number of amides is 1. The number of ether oxygens (including phenoxy) is 1. The minimum atomic E-state index is 0.0352. The van der Waals surface area contributed by atoms with E-state index in [0.717, 1.165) is 23.4 Å². The monoisotopic (exact) mass is 325 g/mol. The molecule has 128 valence electrons. The molecule has 0 aliphatic heterocycles. The quantitative estimate of drug-likeness (QED) is 0.680. The van der Waals surface area contributed by atoms with Gasteiger partial charge in [-0.1, -0.05) is 51.1 Å². The summed E-state index contributed by atoms with van der Waals surface area (Å²) in [6.07, 6.45) is 2.18. The van der Waals surface area contributed by atoms with Crippen LogP contribution in [0.1, 0.15) is 50.7 Å². The van der Waals surface area contributed by atoms with Gasteiger partial charge in [0.2, 0.25) is 5.91 Å². The molecule has 0 heterocycles. The lowest BCUT2D eigenvalue weighted by molar-refractivity contribution is -0.116. The summed E-state index contributed by atoms with van der Waals surface area (Å²) in [5.74, 6) is 1.28. The van der Waals surface area contributed by atoms with Crippen LogP contribution >= 0.6 is 0 Å². The molecule has 1 N–H and O–H groups in total. The van der Waals surface area contributed by atoms with E-state index in [9.17, 15) is 4.79 Å². The number of carbonyl (C=O) groups excluding carboxylic acids is 1. The van der Waals surface area contributed by atoms with Gasteiger partial charge in [-0.2, -0.15) is 0 Å². The third kappa shape index (κ3) is 5.41. The van der Waals surface area contributed by atoms with Gasteiger partial charge in [-0.15, -0.1) is 0 Å². The molecule has 2 rings (SSSR count). The van der Waals surface area contributed by atoms with Crippen LogP contribution in [-0.2, 0) is 11.2 Å². The van der Waals surface area contributed by atoms with Crippen molar-refractivity contribution >= 4 is 11.6 Å². The molecule has 0 radical (unpaired) electrons. The van der Waals surface area contributed by atoms with Crippen LogP contribution in [0, 0.1) is 0 Å². The van der Waals surface area contributed by atoms with E-state index < -0.39 is 0 Å². The molecule has 0 aromatic heterocycles. The van der Waals surface area contributed by atoms with Crippen LogP contribution in [0.2, 0.25) is 0 Å². The number of nitrogens with one attached hydrogen (secondary N) is 1. The summed E-state index contributed by atoms with van der Waals surface area (Å²) >= 11 is 0. The zero-order valence-corrected chi connectivity index (χ0v) is 14.8. The molecule has 2 aromatic rings. The van der Waals surface area contributed by atoms with E-state index in [1.54, 1.807) is 0 Å². The van der Waals surface area contributed by atoms with Crippen LogP contribution in [0.3, 0.4) is 0 Å². The number of benzene rings is 2. The lowest BCUT2D eigenvalue weighted by Crippen LogP contribution is -2.14. The van der Waals surface area contributed by atoms with Crippen molar-refractivity contribution in [2.75, 3.05) is 11.9 Å². The molecule has 0 unspecified atom stereocenters. The summed E-state index contributed by atoms with van der Waals surface area (Å²) in [6.45, 7) is 6.93. The molecular formula is C21H27NO2. The van der Waals surface area contributed by atoms with Crippen LogP contribution < -0.4 is 10.1 Å². The van der Waals surface area contributed by atoms with E-state index >= 15 is 0 Å². The molecule has 0 atom stereocenters. The number of anilines is 1. The molecule has 0 aliphatic rings. The Bertz CT molecular complexity index is 647. The van der Waals surface area contributed by atoms with Gasteiger partial charge in [0, 0.05) is 12.1 Å². The van der Waals surface area contributed by atoms with E-state index in [-0.39, 0.29) is 5.91 Å². The van der Waals surface area contributed by atoms with Gasteiger partial charge < -0.3 is 10.1 Å². The van der Waals surface area contributed by atoms with Crippen LogP contribution in [0.25, 0.3) is 0 Å². The fourth-order valence-corrected chi connectivity index (χ4v) is 2.57. The van der Waals surface area contributed by atoms with Crippen molar-refractivity contribution in [2.24, 2.45) is 0 Å². The van der Waals surface area contributed by atoms with Gasteiger partial charge >= 0.3 is 0 Å². The number of rotatable bonds is 8. The second kappa shape index (κ2) is 9.11. The van der Waals surface area contributed by atoms with E-state index in [2.05, 4.69) is 44.3 Å². The summed E-state index contributed by atoms with van der Waals surface area (Å²) in [5, 5.41) is 3.01. The Kier molecular flexibility index (Phi) is 6.86. The van der Waals surface area contributed by atoms with Gasteiger partial charge in [-0.25, -0.2) is 0 Å². The predicted octanol–water partition coefficient (Wildman–Crippen LogP) is 5.17. The SMILES string of the molecule is CCc1ccc(OCCCC(=O)Nc2ccccc2C(C)C)cc1. The van der Waals surface area contributed by atoms with E-state index in [4.69, 9.17) is 4.74 Å². The smallest absolute Gasteiger partial charge is 0.224 e. The lowest BCUT2D eigenvalue weighted by atomic mass is 10.0. The number of hydrogen-bond donors (Lipinski definition) is 1. The lowest BCUT2D eigenvalue weighted by Gasteiger charge is -2.13. The van der Waals surface area contributed by atoms with Crippen molar-refractivity contribution in [3.63, 3.8) is 0 Å². The molecule has 3 nitrogen and oxygen atoms in total. The molecule has 0 bridgehead atoms.